The Morgan fingerprint density at radius 3 is 2.75 bits per heavy atom. The van der Waals surface area contributed by atoms with Crippen LogP contribution in [0.5, 0.6) is 0 Å². The predicted octanol–water partition coefficient (Wildman–Crippen LogP) is 1.42. The molecule has 0 aromatic heterocycles. The largest absolute Gasteiger partial charge is 0.234 e. The summed E-state index contributed by atoms with van der Waals surface area (Å²) in [5, 5.41) is 8.06. The van der Waals surface area contributed by atoms with Crippen LogP contribution in [0.25, 0.3) is 0 Å². The number of nitrogens with one attached hydrogen (secondary N) is 1. The van der Waals surface area contributed by atoms with Gasteiger partial charge in [0.05, 0.1) is 6.07 Å². The average molecular weight is 133 g/mol. The first-order valence-corrected chi connectivity index (χ1v) is 3.00. The van der Waals surface area contributed by atoms with Gasteiger partial charge >= 0.3 is 0 Å². The Hall–Kier alpha value is -0.260. The number of halogens is 1. The third kappa shape index (κ3) is 5.74. The molecule has 0 aliphatic heterocycles. The molecule has 0 saturated carbocycles. The van der Waals surface area contributed by atoms with E-state index in [0.717, 1.165) is 19.4 Å². The van der Waals surface area contributed by atoms with E-state index in [-0.39, 0.29) is 0 Å². The van der Waals surface area contributed by atoms with E-state index in [2.05, 4.69) is 10.9 Å². The minimum Gasteiger partial charge on any atom is -0.234 e. The second-order valence-corrected chi connectivity index (χ2v) is 1.77. The molecule has 0 aliphatic rings. The Kier molecular flexibility index (Phi) is 6.52. The van der Waals surface area contributed by atoms with Crippen molar-refractivity contribution in [1.82, 2.24) is 4.84 Å². The number of rotatable bonds is 4. The van der Waals surface area contributed by atoms with Crippen LogP contribution in [0.1, 0.15) is 19.3 Å². The summed E-state index contributed by atoms with van der Waals surface area (Å²) in [5.41, 5.74) is 0. The van der Waals surface area contributed by atoms with Crippen LogP contribution in [-0.2, 0) is 0 Å². The van der Waals surface area contributed by atoms with Crippen molar-refractivity contribution in [2.75, 3.05) is 6.54 Å². The Morgan fingerprint density at radius 2 is 2.25 bits per heavy atom. The standard InChI is InChI=1S/C5H9ClN2/c6-8-5-3-1-2-4-7/h8H,1-3,5H2. The molecule has 8 heavy (non-hydrogen) atoms. The fourth-order valence-corrected chi connectivity index (χ4v) is 0.530. The van der Waals surface area contributed by atoms with E-state index < -0.39 is 0 Å². The summed E-state index contributed by atoms with van der Waals surface area (Å²) in [5.74, 6) is 0. The van der Waals surface area contributed by atoms with Gasteiger partial charge < -0.3 is 0 Å². The van der Waals surface area contributed by atoms with E-state index in [4.69, 9.17) is 17.0 Å². The maximum atomic E-state index is 8.06. The maximum Gasteiger partial charge on any atom is 0.0621 e. The van der Waals surface area contributed by atoms with Gasteiger partial charge in [-0.2, -0.15) is 5.26 Å². The minimum absolute atomic E-state index is 0.637. The van der Waals surface area contributed by atoms with Crippen molar-refractivity contribution in [3.05, 3.63) is 0 Å². The normalized spacial score (nSPS) is 8.50. The molecule has 0 heterocycles. The molecule has 0 fully saturated rings. The van der Waals surface area contributed by atoms with Crippen LogP contribution in [0, 0.1) is 11.3 Å². The molecule has 0 saturated heterocycles. The zero-order chi connectivity index (χ0) is 6.24. The number of nitriles is 1. The molecule has 0 aliphatic carbocycles. The first-order valence-electron chi connectivity index (χ1n) is 2.62. The molecule has 0 spiro atoms. The highest BCUT2D eigenvalue weighted by Gasteiger charge is 1.83. The lowest BCUT2D eigenvalue weighted by molar-refractivity contribution is 0.736. The second kappa shape index (κ2) is 6.74. The second-order valence-electron chi connectivity index (χ2n) is 1.50. The van der Waals surface area contributed by atoms with Crippen molar-refractivity contribution in [2.45, 2.75) is 19.3 Å². The summed E-state index contributed by atoms with van der Waals surface area (Å²) in [7, 11) is 0. The van der Waals surface area contributed by atoms with Crippen LogP contribution in [0.15, 0.2) is 0 Å². The van der Waals surface area contributed by atoms with Crippen molar-refractivity contribution < 1.29 is 0 Å². The number of hydrogen-bond acceptors (Lipinski definition) is 2. The van der Waals surface area contributed by atoms with Gasteiger partial charge in [0.1, 0.15) is 0 Å². The van der Waals surface area contributed by atoms with Gasteiger partial charge in [-0.15, -0.1) is 0 Å². The van der Waals surface area contributed by atoms with Gasteiger partial charge in [-0.3, -0.25) is 0 Å². The highest BCUT2D eigenvalue weighted by atomic mass is 35.5. The number of hydrogen-bond donors (Lipinski definition) is 1. The summed E-state index contributed by atoms with van der Waals surface area (Å²) in [6.07, 6.45) is 2.56. The topological polar surface area (TPSA) is 35.8 Å². The Morgan fingerprint density at radius 1 is 1.50 bits per heavy atom. The molecule has 3 heteroatoms. The van der Waals surface area contributed by atoms with Crippen LogP contribution in [0.2, 0.25) is 0 Å². The van der Waals surface area contributed by atoms with Crippen molar-refractivity contribution >= 4 is 11.8 Å². The van der Waals surface area contributed by atoms with Crippen LogP contribution >= 0.6 is 11.8 Å². The molecule has 0 unspecified atom stereocenters. The zero-order valence-electron chi connectivity index (χ0n) is 4.65. The summed E-state index contributed by atoms with van der Waals surface area (Å²) < 4.78 is 0. The van der Waals surface area contributed by atoms with Gasteiger partial charge in [0.15, 0.2) is 0 Å². The molecule has 46 valence electrons. The average Bonchev–Trinajstić information content (AvgIpc) is 1.81. The molecular formula is C5H9ClN2. The monoisotopic (exact) mass is 132 g/mol. The Labute approximate surface area is 54.6 Å². The third-order valence-electron chi connectivity index (χ3n) is 0.810. The molecule has 0 aromatic carbocycles. The highest BCUT2D eigenvalue weighted by molar-refractivity contribution is 6.13. The lowest BCUT2D eigenvalue weighted by Crippen LogP contribution is -1.99. The highest BCUT2D eigenvalue weighted by Crippen LogP contribution is 1.90. The first kappa shape index (κ1) is 7.74. The molecule has 1 N–H and O–H groups in total. The van der Waals surface area contributed by atoms with E-state index in [9.17, 15) is 0 Å². The van der Waals surface area contributed by atoms with Crippen LogP contribution in [0.4, 0.5) is 0 Å². The smallest absolute Gasteiger partial charge is 0.0621 e. The minimum atomic E-state index is 0.637. The van der Waals surface area contributed by atoms with E-state index in [1.807, 2.05) is 0 Å². The van der Waals surface area contributed by atoms with Crippen molar-refractivity contribution in [1.29, 1.82) is 5.26 Å². The molecule has 0 amide bonds. The number of nitrogens with zero attached hydrogens (tertiary/aromatic N) is 1. The van der Waals surface area contributed by atoms with Crippen molar-refractivity contribution in [2.24, 2.45) is 0 Å². The van der Waals surface area contributed by atoms with E-state index in [1.165, 1.54) is 0 Å². The molecule has 2 nitrogen and oxygen atoms in total. The lowest BCUT2D eigenvalue weighted by atomic mass is 10.2. The van der Waals surface area contributed by atoms with Gasteiger partial charge in [-0.1, -0.05) is 0 Å². The van der Waals surface area contributed by atoms with Gasteiger partial charge in [0.25, 0.3) is 0 Å². The SMILES string of the molecule is N#CCCCCNCl. The Balaban J connectivity index is 2.65. The third-order valence-corrected chi connectivity index (χ3v) is 0.999. The lowest BCUT2D eigenvalue weighted by Gasteiger charge is -1.90. The predicted molar refractivity (Wildman–Crippen MR) is 33.3 cm³/mol. The Bertz CT molecular complexity index is 77.0. The van der Waals surface area contributed by atoms with Gasteiger partial charge in [0, 0.05) is 13.0 Å². The molecular weight excluding hydrogens is 124 g/mol. The van der Waals surface area contributed by atoms with Crippen LogP contribution < -0.4 is 4.84 Å². The summed E-state index contributed by atoms with van der Waals surface area (Å²) >= 11 is 5.15. The molecule has 0 aromatic rings. The van der Waals surface area contributed by atoms with Crippen molar-refractivity contribution in [3.63, 3.8) is 0 Å². The zero-order valence-corrected chi connectivity index (χ0v) is 5.41. The van der Waals surface area contributed by atoms with Gasteiger partial charge in [0.2, 0.25) is 0 Å². The molecule has 0 bridgehead atoms. The molecule has 0 atom stereocenters. The summed E-state index contributed by atoms with van der Waals surface area (Å²) in [6, 6.07) is 2.06. The van der Waals surface area contributed by atoms with Crippen molar-refractivity contribution in [3.8, 4) is 6.07 Å². The van der Waals surface area contributed by atoms with Crippen LogP contribution in [-0.4, -0.2) is 6.54 Å². The van der Waals surface area contributed by atoms with Gasteiger partial charge in [-0.25, -0.2) is 4.84 Å². The fourth-order valence-electron chi connectivity index (χ4n) is 0.396. The summed E-state index contributed by atoms with van der Waals surface area (Å²) in [4.78, 5) is 2.49. The maximum absolute atomic E-state index is 8.06. The quantitative estimate of drug-likeness (QED) is 0.464. The summed E-state index contributed by atoms with van der Waals surface area (Å²) in [6.45, 7) is 0.795. The van der Waals surface area contributed by atoms with E-state index in [1.54, 1.807) is 0 Å². The number of unbranched alkanes of at least 4 members (excludes halogenated alkanes) is 2. The molecule has 0 rings (SSSR count). The fraction of sp³-hybridized carbons (Fsp3) is 0.800. The van der Waals surface area contributed by atoms with Gasteiger partial charge in [-0.05, 0) is 24.6 Å². The molecule has 0 radical (unpaired) electrons. The van der Waals surface area contributed by atoms with E-state index >= 15 is 0 Å². The van der Waals surface area contributed by atoms with Crippen LogP contribution in [0.3, 0.4) is 0 Å². The first-order chi connectivity index (χ1) is 3.91. The van der Waals surface area contributed by atoms with E-state index in [0.29, 0.717) is 6.42 Å².